The van der Waals surface area contributed by atoms with Crippen molar-refractivity contribution in [3.8, 4) is 0 Å². The minimum atomic E-state index is 0.391. The monoisotopic (exact) mass is 303 g/mol. The molecule has 0 N–H and O–H groups in total. The summed E-state index contributed by atoms with van der Waals surface area (Å²) in [4.78, 5) is 14.0. The lowest BCUT2D eigenvalue weighted by molar-refractivity contribution is -0.130. The molecule has 1 saturated heterocycles. The second kappa shape index (κ2) is 8.96. The molecule has 1 aliphatic heterocycles. The Kier molecular flexibility index (Phi) is 7.91. The van der Waals surface area contributed by atoms with E-state index in [1.54, 1.807) is 0 Å². The number of nitrogens with zero attached hydrogens (tertiary/aromatic N) is 1. The fourth-order valence-electron chi connectivity index (χ4n) is 2.60. The molecule has 100 valence electrons. The zero-order valence-electron chi connectivity index (χ0n) is 11.1. The summed E-state index contributed by atoms with van der Waals surface area (Å²) in [6.07, 6.45) is 9.28. The summed E-state index contributed by atoms with van der Waals surface area (Å²) in [6.45, 7) is 4.22. The van der Waals surface area contributed by atoms with Gasteiger partial charge in [-0.2, -0.15) is 0 Å². The summed E-state index contributed by atoms with van der Waals surface area (Å²) in [5.74, 6) is 1.18. The van der Waals surface area contributed by atoms with Gasteiger partial charge in [-0.1, -0.05) is 42.1 Å². The van der Waals surface area contributed by atoms with Crippen LogP contribution >= 0.6 is 15.9 Å². The van der Waals surface area contributed by atoms with Gasteiger partial charge >= 0.3 is 0 Å². The van der Waals surface area contributed by atoms with Gasteiger partial charge in [-0.05, 0) is 31.6 Å². The van der Waals surface area contributed by atoms with Crippen molar-refractivity contribution in [3.63, 3.8) is 0 Å². The van der Waals surface area contributed by atoms with E-state index in [0.717, 1.165) is 43.6 Å². The zero-order chi connectivity index (χ0) is 12.5. The van der Waals surface area contributed by atoms with Crippen LogP contribution in [0.15, 0.2) is 0 Å². The fraction of sp³-hybridized carbons (Fsp3) is 0.929. The summed E-state index contributed by atoms with van der Waals surface area (Å²) in [5.41, 5.74) is 0. The molecule has 0 aromatic heterocycles. The molecule has 0 radical (unpaired) electrons. The van der Waals surface area contributed by atoms with Crippen molar-refractivity contribution >= 4 is 21.8 Å². The molecule has 2 nitrogen and oxygen atoms in total. The van der Waals surface area contributed by atoms with Crippen LogP contribution in [0.3, 0.4) is 0 Å². The van der Waals surface area contributed by atoms with Crippen molar-refractivity contribution in [1.29, 1.82) is 0 Å². The molecule has 1 rings (SSSR count). The predicted molar refractivity (Wildman–Crippen MR) is 76.5 cm³/mol. The van der Waals surface area contributed by atoms with E-state index in [2.05, 4.69) is 27.8 Å². The molecule has 1 fully saturated rings. The summed E-state index contributed by atoms with van der Waals surface area (Å²) in [6, 6.07) is 0. The smallest absolute Gasteiger partial charge is 0.222 e. The van der Waals surface area contributed by atoms with Gasteiger partial charge in [-0.25, -0.2) is 0 Å². The first-order valence-corrected chi connectivity index (χ1v) is 8.23. The Morgan fingerprint density at radius 1 is 1.29 bits per heavy atom. The molecule has 0 bridgehead atoms. The van der Waals surface area contributed by atoms with E-state index in [9.17, 15) is 4.79 Å². The summed E-state index contributed by atoms with van der Waals surface area (Å²) in [5, 5.41) is 1.08. The average molecular weight is 304 g/mol. The molecule has 0 saturated carbocycles. The highest BCUT2D eigenvalue weighted by Gasteiger charge is 2.21. The molecule has 1 amide bonds. The molecule has 1 unspecified atom stereocenters. The van der Waals surface area contributed by atoms with Crippen molar-refractivity contribution < 1.29 is 4.79 Å². The Morgan fingerprint density at radius 2 is 2.12 bits per heavy atom. The number of halogens is 1. The largest absolute Gasteiger partial charge is 0.343 e. The van der Waals surface area contributed by atoms with Crippen LogP contribution < -0.4 is 0 Å². The first-order valence-electron chi connectivity index (χ1n) is 7.11. The van der Waals surface area contributed by atoms with Gasteiger partial charge in [0.2, 0.25) is 5.91 Å². The maximum absolute atomic E-state index is 11.9. The summed E-state index contributed by atoms with van der Waals surface area (Å²) < 4.78 is 0. The number of hydrogen-bond acceptors (Lipinski definition) is 1. The number of likely N-dealkylation sites (tertiary alicyclic amines) is 1. The fourth-order valence-corrected chi connectivity index (χ4v) is 3.00. The van der Waals surface area contributed by atoms with Crippen LogP contribution in [0.4, 0.5) is 0 Å². The van der Waals surface area contributed by atoms with E-state index in [1.165, 1.54) is 32.1 Å². The van der Waals surface area contributed by atoms with Gasteiger partial charge < -0.3 is 4.90 Å². The molecular formula is C14H26BrNO. The Hall–Kier alpha value is -0.0500. The highest BCUT2D eigenvalue weighted by molar-refractivity contribution is 9.09. The lowest BCUT2D eigenvalue weighted by Gasteiger charge is -2.20. The predicted octanol–water partition coefficient (Wildman–Crippen LogP) is 3.98. The van der Waals surface area contributed by atoms with Gasteiger partial charge in [0.1, 0.15) is 0 Å². The summed E-state index contributed by atoms with van der Waals surface area (Å²) in [7, 11) is 0. The van der Waals surface area contributed by atoms with E-state index in [1.807, 2.05) is 0 Å². The standard InChI is InChI=1S/C14H26BrNO/c1-2-6-13-7-8-14(17)16(12-9-13)11-5-3-4-10-15/h13H,2-12H2,1H3. The molecule has 3 heteroatoms. The Labute approximate surface area is 114 Å². The van der Waals surface area contributed by atoms with Gasteiger partial charge in [0.15, 0.2) is 0 Å². The normalized spacial score (nSPS) is 21.6. The van der Waals surface area contributed by atoms with E-state index < -0.39 is 0 Å². The van der Waals surface area contributed by atoms with Crippen molar-refractivity contribution in [2.45, 2.75) is 58.3 Å². The minimum absolute atomic E-state index is 0.391. The number of amides is 1. The third kappa shape index (κ3) is 5.89. The SMILES string of the molecule is CCCC1CCC(=O)N(CCCCCBr)CC1. The van der Waals surface area contributed by atoms with E-state index in [-0.39, 0.29) is 0 Å². The molecule has 0 aromatic rings. The topological polar surface area (TPSA) is 20.3 Å². The molecule has 0 spiro atoms. The molecule has 1 aliphatic rings. The van der Waals surface area contributed by atoms with Gasteiger partial charge in [-0.15, -0.1) is 0 Å². The first-order chi connectivity index (χ1) is 8.27. The summed E-state index contributed by atoms with van der Waals surface area (Å²) >= 11 is 3.44. The van der Waals surface area contributed by atoms with Gasteiger partial charge in [0.05, 0.1) is 0 Å². The van der Waals surface area contributed by atoms with Crippen LogP contribution in [0.2, 0.25) is 0 Å². The highest BCUT2D eigenvalue weighted by Crippen LogP contribution is 2.22. The maximum Gasteiger partial charge on any atom is 0.222 e. The Morgan fingerprint density at radius 3 is 2.82 bits per heavy atom. The maximum atomic E-state index is 11.9. The Bertz CT molecular complexity index is 220. The number of carbonyl (C=O) groups excluding carboxylic acids is 1. The van der Waals surface area contributed by atoms with Crippen molar-refractivity contribution in [1.82, 2.24) is 4.90 Å². The number of carbonyl (C=O) groups is 1. The van der Waals surface area contributed by atoms with Gasteiger partial charge in [0.25, 0.3) is 0 Å². The van der Waals surface area contributed by atoms with Crippen molar-refractivity contribution in [2.75, 3.05) is 18.4 Å². The lowest BCUT2D eigenvalue weighted by atomic mass is 9.96. The third-order valence-electron chi connectivity index (χ3n) is 3.69. The second-order valence-corrected chi connectivity index (χ2v) is 5.91. The lowest BCUT2D eigenvalue weighted by Crippen LogP contribution is -2.31. The molecule has 0 aromatic carbocycles. The van der Waals surface area contributed by atoms with Gasteiger partial charge in [-0.3, -0.25) is 4.79 Å². The van der Waals surface area contributed by atoms with Crippen LogP contribution in [0, 0.1) is 5.92 Å². The Balaban J connectivity index is 2.27. The first kappa shape index (κ1) is 15.0. The molecular weight excluding hydrogens is 278 g/mol. The quantitative estimate of drug-likeness (QED) is 0.514. The van der Waals surface area contributed by atoms with Crippen LogP contribution in [-0.4, -0.2) is 29.2 Å². The van der Waals surface area contributed by atoms with Crippen LogP contribution in [-0.2, 0) is 4.79 Å². The molecule has 0 aliphatic carbocycles. The van der Waals surface area contributed by atoms with Crippen molar-refractivity contribution in [2.24, 2.45) is 5.92 Å². The number of alkyl halides is 1. The molecule has 1 heterocycles. The molecule has 1 atom stereocenters. The van der Waals surface area contributed by atoms with Crippen LogP contribution in [0.1, 0.15) is 58.3 Å². The molecule has 17 heavy (non-hydrogen) atoms. The second-order valence-electron chi connectivity index (χ2n) is 5.11. The van der Waals surface area contributed by atoms with E-state index in [4.69, 9.17) is 0 Å². The van der Waals surface area contributed by atoms with Crippen molar-refractivity contribution in [3.05, 3.63) is 0 Å². The minimum Gasteiger partial charge on any atom is -0.343 e. The number of rotatable bonds is 7. The van der Waals surface area contributed by atoms with E-state index in [0.29, 0.717) is 5.91 Å². The average Bonchev–Trinajstić information content (AvgIpc) is 2.50. The zero-order valence-corrected chi connectivity index (χ0v) is 12.7. The van der Waals surface area contributed by atoms with E-state index >= 15 is 0 Å². The number of unbranched alkanes of at least 4 members (excludes halogenated alkanes) is 2. The van der Waals surface area contributed by atoms with Crippen LogP contribution in [0.25, 0.3) is 0 Å². The third-order valence-corrected chi connectivity index (χ3v) is 4.25. The highest BCUT2D eigenvalue weighted by atomic mass is 79.9. The van der Waals surface area contributed by atoms with Gasteiger partial charge in [0, 0.05) is 24.8 Å². The van der Waals surface area contributed by atoms with Crippen LogP contribution in [0.5, 0.6) is 0 Å². The number of hydrogen-bond donors (Lipinski definition) is 0.